The summed E-state index contributed by atoms with van der Waals surface area (Å²) < 4.78 is 0. The number of ketones is 1. The first kappa shape index (κ1) is 13.9. The molecule has 0 aromatic carbocycles. The van der Waals surface area contributed by atoms with Crippen LogP contribution in [0.25, 0.3) is 0 Å². The fourth-order valence-electron chi connectivity index (χ4n) is 2.18. The topological polar surface area (TPSA) is 37.3 Å². The molecule has 0 heterocycles. The highest BCUT2D eigenvalue weighted by Crippen LogP contribution is 2.39. The first-order valence-electron chi connectivity index (χ1n) is 6.09. The van der Waals surface area contributed by atoms with Crippen LogP contribution in [-0.4, -0.2) is 17.5 Å². The Morgan fingerprint density at radius 2 is 2.12 bits per heavy atom. The van der Waals surface area contributed by atoms with E-state index in [1.54, 1.807) is 6.08 Å². The fourth-order valence-corrected chi connectivity index (χ4v) is 2.18. The van der Waals surface area contributed by atoms with Gasteiger partial charge in [-0.15, -0.1) is 0 Å². The van der Waals surface area contributed by atoms with Gasteiger partial charge < -0.3 is 5.11 Å². The first-order chi connectivity index (χ1) is 7.88. The van der Waals surface area contributed by atoms with Crippen molar-refractivity contribution in [2.24, 2.45) is 5.41 Å². The third-order valence-corrected chi connectivity index (χ3v) is 3.45. The Kier molecular flexibility index (Phi) is 4.47. The third kappa shape index (κ3) is 3.40. The Balaban J connectivity index is 3.04. The molecule has 0 radical (unpaired) electrons. The van der Waals surface area contributed by atoms with Gasteiger partial charge in [0.05, 0.1) is 6.61 Å². The van der Waals surface area contributed by atoms with Gasteiger partial charge in [-0.1, -0.05) is 37.6 Å². The molecular weight excluding hydrogens is 212 g/mol. The summed E-state index contributed by atoms with van der Waals surface area (Å²) in [5.41, 5.74) is 3.09. The van der Waals surface area contributed by atoms with E-state index in [-0.39, 0.29) is 17.8 Å². The number of aliphatic hydroxyl groups excluding tert-OH is 1. The van der Waals surface area contributed by atoms with Crippen molar-refractivity contribution >= 4 is 5.78 Å². The van der Waals surface area contributed by atoms with Crippen molar-refractivity contribution in [1.82, 2.24) is 0 Å². The lowest BCUT2D eigenvalue weighted by molar-refractivity contribution is -0.116. The maximum atomic E-state index is 11.7. The molecule has 17 heavy (non-hydrogen) atoms. The van der Waals surface area contributed by atoms with Crippen molar-refractivity contribution < 1.29 is 9.90 Å². The van der Waals surface area contributed by atoms with Gasteiger partial charge in [-0.25, -0.2) is 0 Å². The van der Waals surface area contributed by atoms with Crippen LogP contribution in [0.4, 0.5) is 0 Å². The van der Waals surface area contributed by atoms with Crippen molar-refractivity contribution in [2.75, 3.05) is 6.61 Å². The van der Waals surface area contributed by atoms with Crippen molar-refractivity contribution in [2.45, 2.75) is 40.5 Å². The van der Waals surface area contributed by atoms with Crippen molar-refractivity contribution in [3.05, 3.63) is 34.9 Å². The number of carbonyl (C=O) groups excluding carboxylic acids is 1. The number of rotatable bonds is 3. The summed E-state index contributed by atoms with van der Waals surface area (Å²) in [5.74, 6) is 0.257. The number of hydrogen-bond acceptors (Lipinski definition) is 2. The summed E-state index contributed by atoms with van der Waals surface area (Å²) >= 11 is 0. The minimum atomic E-state index is 0.0521. The zero-order chi connectivity index (χ0) is 13.1. The molecule has 0 spiro atoms. The van der Waals surface area contributed by atoms with Crippen molar-refractivity contribution in [3.63, 3.8) is 0 Å². The van der Waals surface area contributed by atoms with E-state index >= 15 is 0 Å². The van der Waals surface area contributed by atoms with Gasteiger partial charge in [0.15, 0.2) is 5.78 Å². The molecule has 0 saturated carbocycles. The average molecular weight is 234 g/mol. The minimum Gasteiger partial charge on any atom is -0.392 e. The average Bonchev–Trinajstić information content (AvgIpc) is 2.24. The van der Waals surface area contributed by atoms with E-state index in [4.69, 9.17) is 5.11 Å². The van der Waals surface area contributed by atoms with Crippen LogP contribution < -0.4 is 0 Å². The standard InChI is InChI=1S/C15H22O2/c1-11(8-10-16)5-6-13-12(2)14(17)7-9-15(13,3)4/h5-6,8,16H,7,9-10H2,1-4H3/b6-5+,11-8?. The van der Waals surface area contributed by atoms with E-state index in [0.717, 1.165) is 23.1 Å². The van der Waals surface area contributed by atoms with Gasteiger partial charge in [0.2, 0.25) is 0 Å². The molecule has 0 aromatic rings. The number of carbonyl (C=O) groups is 1. The highest BCUT2D eigenvalue weighted by atomic mass is 16.2. The Hall–Kier alpha value is -1.15. The fraction of sp³-hybridized carbons (Fsp3) is 0.533. The molecule has 0 bridgehead atoms. The Bertz CT molecular complexity index is 395. The predicted octanol–water partition coefficient (Wildman–Crippen LogP) is 3.19. The molecule has 0 aliphatic heterocycles. The molecule has 94 valence electrons. The maximum absolute atomic E-state index is 11.7. The lowest BCUT2D eigenvalue weighted by Crippen LogP contribution is -2.24. The van der Waals surface area contributed by atoms with E-state index < -0.39 is 0 Å². The molecular formula is C15H22O2. The van der Waals surface area contributed by atoms with E-state index in [1.807, 2.05) is 26.0 Å². The first-order valence-corrected chi connectivity index (χ1v) is 6.09. The lowest BCUT2D eigenvalue weighted by Gasteiger charge is -2.32. The molecule has 0 aromatic heterocycles. The monoisotopic (exact) mass is 234 g/mol. The number of allylic oxidation sites excluding steroid dienone is 5. The number of Topliss-reactive ketones (excluding diaryl/α,β-unsaturated/α-hetero) is 1. The second kappa shape index (κ2) is 5.46. The third-order valence-electron chi connectivity index (χ3n) is 3.45. The smallest absolute Gasteiger partial charge is 0.158 e. The van der Waals surface area contributed by atoms with E-state index in [0.29, 0.717) is 6.42 Å². The van der Waals surface area contributed by atoms with Crippen LogP contribution in [0, 0.1) is 5.41 Å². The summed E-state index contributed by atoms with van der Waals surface area (Å²) in [6, 6.07) is 0. The molecule has 0 fully saturated rings. The van der Waals surface area contributed by atoms with Gasteiger partial charge in [-0.2, -0.15) is 0 Å². The highest BCUT2D eigenvalue weighted by Gasteiger charge is 2.30. The Labute approximate surface area is 104 Å². The largest absolute Gasteiger partial charge is 0.392 e. The zero-order valence-corrected chi connectivity index (χ0v) is 11.2. The van der Waals surface area contributed by atoms with Crippen molar-refractivity contribution in [3.8, 4) is 0 Å². The molecule has 0 unspecified atom stereocenters. The molecule has 1 aliphatic carbocycles. The SMILES string of the molecule is CC(=CCO)/C=C/C1=C(C)C(=O)CCC1(C)C. The molecule has 2 nitrogen and oxygen atoms in total. The summed E-state index contributed by atoms with van der Waals surface area (Å²) in [5, 5.41) is 8.79. The molecule has 0 atom stereocenters. The molecule has 1 N–H and O–H groups in total. The second-order valence-corrected chi connectivity index (χ2v) is 5.31. The molecule has 0 saturated heterocycles. The molecule has 0 amide bonds. The molecule has 1 aliphatic rings. The second-order valence-electron chi connectivity index (χ2n) is 5.31. The number of aliphatic hydroxyl groups is 1. The molecule has 2 heteroatoms. The van der Waals surface area contributed by atoms with Crippen LogP contribution in [0.2, 0.25) is 0 Å². The van der Waals surface area contributed by atoms with Gasteiger partial charge in [0.25, 0.3) is 0 Å². The summed E-state index contributed by atoms with van der Waals surface area (Å²) in [6.07, 6.45) is 7.31. The van der Waals surface area contributed by atoms with Crippen LogP contribution in [0.15, 0.2) is 34.9 Å². The van der Waals surface area contributed by atoms with Gasteiger partial charge in [-0.3, -0.25) is 4.79 Å². The maximum Gasteiger partial charge on any atom is 0.158 e. The zero-order valence-electron chi connectivity index (χ0n) is 11.2. The van der Waals surface area contributed by atoms with E-state index in [1.165, 1.54) is 0 Å². The van der Waals surface area contributed by atoms with Gasteiger partial charge >= 0.3 is 0 Å². The van der Waals surface area contributed by atoms with Crippen LogP contribution in [0.3, 0.4) is 0 Å². The van der Waals surface area contributed by atoms with Crippen LogP contribution in [0.1, 0.15) is 40.5 Å². The predicted molar refractivity (Wildman–Crippen MR) is 70.7 cm³/mol. The van der Waals surface area contributed by atoms with E-state index in [2.05, 4.69) is 13.8 Å². The van der Waals surface area contributed by atoms with Crippen molar-refractivity contribution in [1.29, 1.82) is 0 Å². The molecule has 1 rings (SSSR count). The minimum absolute atomic E-state index is 0.0521. The van der Waals surface area contributed by atoms with Crippen LogP contribution >= 0.6 is 0 Å². The normalized spacial score (nSPS) is 21.5. The summed E-state index contributed by atoms with van der Waals surface area (Å²) in [4.78, 5) is 11.7. The van der Waals surface area contributed by atoms with Gasteiger partial charge in [0.1, 0.15) is 0 Å². The highest BCUT2D eigenvalue weighted by molar-refractivity contribution is 5.97. The Morgan fingerprint density at radius 3 is 2.71 bits per heavy atom. The quantitative estimate of drug-likeness (QED) is 0.761. The summed E-state index contributed by atoms with van der Waals surface area (Å²) in [6.45, 7) is 8.26. The number of hydrogen-bond donors (Lipinski definition) is 1. The van der Waals surface area contributed by atoms with Gasteiger partial charge in [-0.05, 0) is 36.8 Å². The van der Waals surface area contributed by atoms with Gasteiger partial charge in [0, 0.05) is 6.42 Å². The summed E-state index contributed by atoms with van der Waals surface area (Å²) in [7, 11) is 0. The van der Waals surface area contributed by atoms with E-state index in [9.17, 15) is 4.79 Å². The Morgan fingerprint density at radius 1 is 1.47 bits per heavy atom. The van der Waals surface area contributed by atoms with Crippen LogP contribution in [-0.2, 0) is 4.79 Å². The van der Waals surface area contributed by atoms with Crippen LogP contribution in [0.5, 0.6) is 0 Å². The lowest BCUT2D eigenvalue weighted by atomic mass is 9.72.